The van der Waals surface area contributed by atoms with Crippen molar-refractivity contribution in [1.82, 2.24) is 5.16 Å². The lowest BCUT2D eigenvalue weighted by atomic mass is 10.2. The van der Waals surface area contributed by atoms with Crippen molar-refractivity contribution in [1.29, 1.82) is 0 Å². The molecule has 0 fully saturated rings. The molecule has 0 aliphatic carbocycles. The highest BCUT2D eigenvalue weighted by atomic mass is 79.9. The van der Waals surface area contributed by atoms with Crippen molar-refractivity contribution in [2.75, 3.05) is 5.73 Å². The summed E-state index contributed by atoms with van der Waals surface area (Å²) in [6, 6.07) is 1.87. The van der Waals surface area contributed by atoms with E-state index >= 15 is 0 Å². The highest BCUT2D eigenvalue weighted by molar-refractivity contribution is 9.10. The predicted molar refractivity (Wildman–Crippen MR) is 55.9 cm³/mol. The highest BCUT2D eigenvalue weighted by Crippen LogP contribution is 2.36. The van der Waals surface area contributed by atoms with Crippen molar-refractivity contribution in [3.63, 3.8) is 0 Å². The summed E-state index contributed by atoms with van der Waals surface area (Å²) < 4.78 is 5.82. The van der Waals surface area contributed by atoms with Gasteiger partial charge in [0.25, 0.3) is 0 Å². The average Bonchev–Trinajstić information content (AvgIpc) is 2.44. The minimum atomic E-state index is 0.324. The maximum absolute atomic E-state index is 6.04. The monoisotopic (exact) mass is 260 g/mol. The molecule has 0 aliphatic heterocycles. The van der Waals surface area contributed by atoms with Crippen molar-refractivity contribution < 1.29 is 4.52 Å². The lowest BCUT2D eigenvalue weighted by molar-refractivity contribution is 0.459. The van der Waals surface area contributed by atoms with Crippen LogP contribution in [0.15, 0.2) is 15.1 Å². The van der Waals surface area contributed by atoms with Crippen LogP contribution in [0.3, 0.4) is 0 Å². The van der Waals surface area contributed by atoms with E-state index in [2.05, 4.69) is 21.1 Å². The standard InChI is InChI=1S/C8H6BrClN2O/c1-3-2-4(9)7-5(6(3)10)8(11)12-13-7/h2H,1H3,(H2,11,12). The smallest absolute Gasteiger partial charge is 0.184 e. The number of anilines is 1. The van der Waals surface area contributed by atoms with Crippen molar-refractivity contribution >= 4 is 44.3 Å². The van der Waals surface area contributed by atoms with Crippen LogP contribution in [0.25, 0.3) is 11.0 Å². The van der Waals surface area contributed by atoms with Crippen LogP contribution in [0.5, 0.6) is 0 Å². The topological polar surface area (TPSA) is 52.0 Å². The first-order chi connectivity index (χ1) is 6.11. The summed E-state index contributed by atoms with van der Waals surface area (Å²) >= 11 is 9.39. The summed E-state index contributed by atoms with van der Waals surface area (Å²) in [4.78, 5) is 0. The number of aryl methyl sites for hydroxylation is 1. The zero-order chi connectivity index (χ0) is 9.59. The molecular weight excluding hydrogens is 255 g/mol. The number of rotatable bonds is 0. The average molecular weight is 262 g/mol. The van der Waals surface area contributed by atoms with E-state index in [1.165, 1.54) is 0 Å². The molecule has 0 saturated heterocycles. The fourth-order valence-corrected chi connectivity index (χ4v) is 2.04. The Morgan fingerprint density at radius 1 is 1.62 bits per heavy atom. The van der Waals surface area contributed by atoms with E-state index in [0.717, 1.165) is 10.0 Å². The second kappa shape index (κ2) is 2.89. The van der Waals surface area contributed by atoms with Gasteiger partial charge in [-0.3, -0.25) is 0 Å². The van der Waals surface area contributed by atoms with Gasteiger partial charge in [0.05, 0.1) is 14.9 Å². The zero-order valence-corrected chi connectivity index (χ0v) is 9.11. The van der Waals surface area contributed by atoms with Crippen LogP contribution in [0.1, 0.15) is 5.56 Å². The SMILES string of the molecule is Cc1cc(Br)c2onc(N)c2c1Cl. The van der Waals surface area contributed by atoms with Gasteiger partial charge in [0.2, 0.25) is 0 Å². The van der Waals surface area contributed by atoms with Crippen LogP contribution in [-0.4, -0.2) is 5.16 Å². The molecule has 2 rings (SSSR count). The Morgan fingerprint density at radius 3 is 3.00 bits per heavy atom. The molecule has 5 heteroatoms. The van der Waals surface area contributed by atoms with E-state index in [1.807, 2.05) is 13.0 Å². The van der Waals surface area contributed by atoms with Crippen molar-refractivity contribution in [3.8, 4) is 0 Å². The van der Waals surface area contributed by atoms with Gasteiger partial charge in [-0.25, -0.2) is 0 Å². The lowest BCUT2D eigenvalue weighted by Crippen LogP contribution is -1.85. The van der Waals surface area contributed by atoms with Crippen molar-refractivity contribution in [2.45, 2.75) is 6.92 Å². The molecule has 0 radical (unpaired) electrons. The quantitative estimate of drug-likeness (QED) is 0.792. The molecule has 1 aromatic carbocycles. The summed E-state index contributed by atoms with van der Waals surface area (Å²) in [5.41, 5.74) is 7.14. The molecular formula is C8H6BrClN2O. The molecule has 0 atom stereocenters. The molecule has 0 spiro atoms. The first-order valence-electron chi connectivity index (χ1n) is 3.60. The predicted octanol–water partition coefficient (Wildman–Crippen LogP) is 3.13. The molecule has 0 saturated carbocycles. The van der Waals surface area contributed by atoms with Gasteiger partial charge in [-0.05, 0) is 34.5 Å². The third-order valence-corrected chi connectivity index (χ3v) is 2.92. The third kappa shape index (κ3) is 1.21. The lowest BCUT2D eigenvalue weighted by Gasteiger charge is -1.99. The Labute approximate surface area is 88.0 Å². The van der Waals surface area contributed by atoms with Crippen LogP contribution >= 0.6 is 27.5 Å². The molecule has 0 bridgehead atoms. The van der Waals surface area contributed by atoms with E-state index < -0.39 is 0 Å². The molecule has 0 aliphatic rings. The molecule has 1 heterocycles. The summed E-state index contributed by atoms with van der Waals surface area (Å²) in [6.07, 6.45) is 0. The summed E-state index contributed by atoms with van der Waals surface area (Å²) in [6.45, 7) is 1.90. The van der Waals surface area contributed by atoms with Crippen LogP contribution in [0, 0.1) is 6.92 Å². The largest absolute Gasteiger partial charge is 0.380 e. The van der Waals surface area contributed by atoms with Gasteiger partial charge < -0.3 is 10.3 Å². The number of benzene rings is 1. The van der Waals surface area contributed by atoms with Crippen molar-refractivity contribution in [3.05, 3.63) is 21.1 Å². The summed E-state index contributed by atoms with van der Waals surface area (Å²) in [5.74, 6) is 0.324. The van der Waals surface area contributed by atoms with Crippen molar-refractivity contribution in [2.24, 2.45) is 0 Å². The van der Waals surface area contributed by atoms with Gasteiger partial charge in [0.15, 0.2) is 11.4 Å². The Balaban J connectivity index is 3.00. The summed E-state index contributed by atoms with van der Waals surface area (Å²) in [5, 5.41) is 4.92. The maximum atomic E-state index is 6.04. The molecule has 0 amide bonds. The highest BCUT2D eigenvalue weighted by Gasteiger charge is 2.14. The minimum Gasteiger partial charge on any atom is -0.380 e. The third-order valence-electron chi connectivity index (χ3n) is 1.84. The van der Waals surface area contributed by atoms with E-state index in [9.17, 15) is 0 Å². The first-order valence-corrected chi connectivity index (χ1v) is 4.78. The number of nitrogens with two attached hydrogens (primary N) is 1. The molecule has 0 unspecified atom stereocenters. The zero-order valence-electron chi connectivity index (χ0n) is 6.77. The fraction of sp³-hybridized carbons (Fsp3) is 0.125. The number of hydrogen-bond acceptors (Lipinski definition) is 3. The van der Waals surface area contributed by atoms with Gasteiger partial charge in [-0.2, -0.15) is 0 Å². The van der Waals surface area contributed by atoms with E-state index in [-0.39, 0.29) is 0 Å². The van der Waals surface area contributed by atoms with Crippen LogP contribution in [0.2, 0.25) is 5.02 Å². The maximum Gasteiger partial charge on any atom is 0.184 e. The van der Waals surface area contributed by atoms with Crippen LogP contribution < -0.4 is 5.73 Å². The van der Waals surface area contributed by atoms with Gasteiger partial charge in [0, 0.05) is 0 Å². The van der Waals surface area contributed by atoms with Crippen LogP contribution in [0.4, 0.5) is 5.82 Å². The second-order valence-electron chi connectivity index (χ2n) is 2.76. The van der Waals surface area contributed by atoms with Gasteiger partial charge in [0.1, 0.15) is 0 Å². The first kappa shape index (κ1) is 8.84. The van der Waals surface area contributed by atoms with Crippen LogP contribution in [-0.2, 0) is 0 Å². The van der Waals surface area contributed by atoms with Gasteiger partial charge in [-0.1, -0.05) is 16.8 Å². The fourth-order valence-electron chi connectivity index (χ4n) is 1.19. The molecule has 2 aromatic rings. The van der Waals surface area contributed by atoms with Gasteiger partial charge >= 0.3 is 0 Å². The second-order valence-corrected chi connectivity index (χ2v) is 3.99. The summed E-state index contributed by atoms with van der Waals surface area (Å²) in [7, 11) is 0. The molecule has 13 heavy (non-hydrogen) atoms. The molecule has 2 N–H and O–H groups in total. The molecule has 3 nitrogen and oxygen atoms in total. The van der Waals surface area contributed by atoms with E-state index in [0.29, 0.717) is 21.8 Å². The Hall–Kier alpha value is -0.740. The normalized spacial score (nSPS) is 11.0. The Morgan fingerprint density at radius 2 is 2.31 bits per heavy atom. The molecule has 68 valence electrons. The number of halogens is 2. The number of nitrogens with zero attached hydrogens (tertiary/aromatic N) is 1. The Kier molecular flexibility index (Phi) is 1.96. The van der Waals surface area contributed by atoms with E-state index in [4.69, 9.17) is 21.9 Å². The number of fused-ring (bicyclic) bond motifs is 1. The number of hydrogen-bond donors (Lipinski definition) is 1. The van der Waals surface area contributed by atoms with E-state index in [1.54, 1.807) is 0 Å². The molecule has 1 aromatic heterocycles. The minimum absolute atomic E-state index is 0.324. The van der Waals surface area contributed by atoms with Gasteiger partial charge in [-0.15, -0.1) is 0 Å². The number of nitrogen functional groups attached to an aromatic ring is 1. The Bertz CT molecular complexity index is 480. The number of aromatic nitrogens is 1.